The van der Waals surface area contributed by atoms with E-state index in [9.17, 15) is 0 Å². The average molecular weight is 473 g/mol. The van der Waals surface area contributed by atoms with Crippen LogP contribution in [0.1, 0.15) is 0 Å². The van der Waals surface area contributed by atoms with Gasteiger partial charge in [-0.3, -0.25) is 0 Å². The van der Waals surface area contributed by atoms with Crippen molar-refractivity contribution in [2.45, 2.75) is 0 Å². The molecule has 0 saturated heterocycles. The first-order valence-electron chi connectivity index (χ1n) is 0. The molecule has 0 atom stereocenters. The van der Waals surface area contributed by atoms with Gasteiger partial charge >= 0.3 is 23.9 Å². The van der Waals surface area contributed by atoms with Gasteiger partial charge in [0.2, 0.25) is 0 Å². The molecule has 0 heterocycles. The molecule has 0 bridgehead atoms. The topological polar surface area (TPSA) is 57.0 Å². The standard InChI is InChI=1S/Ga.Ge.In.2O.Sn.Zn/q;;;2*-2;+4;. The maximum atomic E-state index is 0. The summed E-state index contributed by atoms with van der Waals surface area (Å²) in [7, 11) is 0. The van der Waals surface area contributed by atoms with Gasteiger partial charge in [0.25, 0.3) is 0 Å². The second-order valence-corrected chi connectivity index (χ2v) is 0. The van der Waals surface area contributed by atoms with Crippen LogP contribution in [-0.4, -0.2) is 87.1 Å². The molecule has 0 spiro atoms. The molecule has 0 unspecified atom stereocenters. The zero-order chi connectivity index (χ0) is 0. The summed E-state index contributed by atoms with van der Waals surface area (Å²) in [5.41, 5.74) is 0. The van der Waals surface area contributed by atoms with E-state index in [-0.39, 0.29) is 118 Å². The number of hydrogen-bond acceptors (Lipinski definition) is 0. The van der Waals surface area contributed by atoms with Crippen LogP contribution < -0.4 is 0 Å². The van der Waals surface area contributed by atoms with E-state index < -0.39 is 0 Å². The summed E-state index contributed by atoms with van der Waals surface area (Å²) in [6.45, 7) is 0. The predicted octanol–water partition coefficient (Wildman–Crippen LogP) is -1.76. The van der Waals surface area contributed by atoms with Crippen molar-refractivity contribution in [2.24, 2.45) is 0 Å². The Kier molecular flexibility index (Phi) is 655. The molecule has 0 saturated carbocycles. The summed E-state index contributed by atoms with van der Waals surface area (Å²) in [5.74, 6) is 0. The minimum Gasteiger partial charge on any atom is -2.00 e. The Morgan fingerprint density at radius 2 is 0.857 bits per heavy atom. The summed E-state index contributed by atoms with van der Waals surface area (Å²) < 4.78 is 0. The second-order valence-electron chi connectivity index (χ2n) is 0. The first kappa shape index (κ1) is 79.7. The zero-order valence-corrected chi connectivity index (χ0v) is 17.3. The van der Waals surface area contributed by atoms with Crippen molar-refractivity contribution in [2.75, 3.05) is 0 Å². The van der Waals surface area contributed by atoms with Gasteiger partial charge in [0, 0.05) is 82.7 Å². The van der Waals surface area contributed by atoms with E-state index in [1.807, 2.05) is 0 Å². The van der Waals surface area contributed by atoms with Gasteiger partial charge < -0.3 is 11.0 Å². The summed E-state index contributed by atoms with van der Waals surface area (Å²) in [6.07, 6.45) is 0. The number of hydrogen-bond donors (Lipinski definition) is 0. The predicted molar refractivity (Wildman–Crippen MR) is 24.4 cm³/mol. The van der Waals surface area contributed by atoms with E-state index in [4.69, 9.17) is 0 Å². The molecule has 0 N–H and O–H groups in total. The van der Waals surface area contributed by atoms with E-state index in [1.54, 1.807) is 0 Å². The quantitative estimate of drug-likeness (QED) is 0.375. The van der Waals surface area contributed by atoms with Crippen molar-refractivity contribution >= 4 is 87.1 Å². The third kappa shape index (κ3) is 44.6. The van der Waals surface area contributed by atoms with Gasteiger partial charge in [0.1, 0.15) is 0 Å². The van der Waals surface area contributed by atoms with Crippen molar-refractivity contribution in [1.29, 1.82) is 0 Å². The average Bonchev–Trinajstić information content (AvgIpc) is 0. The van der Waals surface area contributed by atoms with Crippen LogP contribution in [0.4, 0.5) is 0 Å². The molecule has 0 aromatic rings. The zero-order valence-electron chi connectivity index (χ0n) is 3.68. The van der Waals surface area contributed by atoms with Crippen LogP contribution in [0.5, 0.6) is 0 Å². The maximum absolute atomic E-state index is 0. The molecular weight excluding hydrogens is 473 g/mol. The molecule has 7 heteroatoms. The molecule has 0 aliphatic rings. The minimum atomic E-state index is 0. The molecule has 10 radical (unpaired) electrons. The first-order valence-corrected chi connectivity index (χ1v) is 0. The van der Waals surface area contributed by atoms with E-state index in [2.05, 4.69) is 0 Å². The fourth-order valence-corrected chi connectivity index (χ4v) is 0. The molecular formula is GaGeInO2SnZn. The van der Waals surface area contributed by atoms with Gasteiger partial charge in [-0.15, -0.1) is 0 Å². The van der Waals surface area contributed by atoms with Crippen LogP contribution >= 0.6 is 0 Å². The molecule has 0 amide bonds. The third-order valence-corrected chi connectivity index (χ3v) is 0. The summed E-state index contributed by atoms with van der Waals surface area (Å²) in [5, 5.41) is 0. The van der Waals surface area contributed by atoms with Crippen molar-refractivity contribution in [3.63, 3.8) is 0 Å². The Hall–Kier alpha value is 3.39. The molecule has 7 heavy (non-hydrogen) atoms. The summed E-state index contributed by atoms with van der Waals surface area (Å²) in [6, 6.07) is 0. The SMILES string of the molecule is [Ga].[Ge].[In].[O-2].[O-2].[Sn+4].[Zn]. The van der Waals surface area contributed by atoms with Crippen LogP contribution in [-0.2, 0) is 30.4 Å². The normalized spacial score (nSPS) is 0. The Morgan fingerprint density at radius 1 is 0.857 bits per heavy atom. The Balaban J connectivity index is 0. The Morgan fingerprint density at radius 3 is 0.857 bits per heavy atom. The molecule has 0 rings (SSSR count). The van der Waals surface area contributed by atoms with Crippen LogP contribution in [0.25, 0.3) is 0 Å². The molecule has 2 nitrogen and oxygen atoms in total. The molecule has 28 valence electrons. The van der Waals surface area contributed by atoms with Gasteiger partial charge in [0.05, 0.1) is 0 Å². The minimum absolute atomic E-state index is 0. The van der Waals surface area contributed by atoms with Crippen molar-refractivity contribution < 1.29 is 30.4 Å². The molecule has 0 aromatic heterocycles. The Labute approximate surface area is 115 Å². The third-order valence-electron chi connectivity index (χ3n) is 0. The summed E-state index contributed by atoms with van der Waals surface area (Å²) in [4.78, 5) is 0. The number of rotatable bonds is 0. The van der Waals surface area contributed by atoms with Crippen molar-refractivity contribution in [1.82, 2.24) is 0 Å². The molecule has 0 aliphatic carbocycles. The van der Waals surface area contributed by atoms with Gasteiger partial charge in [-0.2, -0.15) is 0 Å². The van der Waals surface area contributed by atoms with E-state index >= 15 is 0 Å². The monoisotopic (exact) mass is 474 g/mol. The largest absolute Gasteiger partial charge is 4.00 e. The van der Waals surface area contributed by atoms with Gasteiger partial charge in [-0.1, -0.05) is 0 Å². The van der Waals surface area contributed by atoms with Crippen molar-refractivity contribution in [3.05, 3.63) is 0 Å². The smallest absolute Gasteiger partial charge is 2.00 e. The fraction of sp³-hybridized carbons (Fsp3) is 0. The van der Waals surface area contributed by atoms with Crippen LogP contribution in [0.15, 0.2) is 0 Å². The van der Waals surface area contributed by atoms with E-state index in [0.717, 1.165) is 0 Å². The van der Waals surface area contributed by atoms with Crippen LogP contribution in [0.3, 0.4) is 0 Å². The van der Waals surface area contributed by atoms with Crippen molar-refractivity contribution in [3.8, 4) is 0 Å². The second kappa shape index (κ2) is 57.5. The Bertz CT molecular complexity index is 17.7. The van der Waals surface area contributed by atoms with E-state index in [1.165, 1.54) is 0 Å². The van der Waals surface area contributed by atoms with Crippen LogP contribution in [0.2, 0.25) is 0 Å². The first-order chi connectivity index (χ1) is 0. The fourth-order valence-electron chi connectivity index (χ4n) is 0. The van der Waals surface area contributed by atoms with E-state index in [0.29, 0.717) is 0 Å². The van der Waals surface area contributed by atoms with Gasteiger partial charge in [0.15, 0.2) is 0 Å². The molecule has 0 fully saturated rings. The maximum Gasteiger partial charge on any atom is 4.00 e. The molecule has 0 aromatic carbocycles. The molecule has 0 aliphatic heterocycles. The van der Waals surface area contributed by atoms with Gasteiger partial charge in [-0.25, -0.2) is 0 Å². The van der Waals surface area contributed by atoms with Crippen LogP contribution in [0, 0.1) is 0 Å². The van der Waals surface area contributed by atoms with Gasteiger partial charge in [-0.05, 0) is 0 Å². The summed E-state index contributed by atoms with van der Waals surface area (Å²) >= 11 is 0.